The van der Waals surface area contributed by atoms with Gasteiger partial charge in [0.25, 0.3) is 0 Å². The van der Waals surface area contributed by atoms with E-state index in [9.17, 15) is 0 Å². The number of aryl methyl sites for hydroxylation is 2. The fourth-order valence-corrected chi connectivity index (χ4v) is 28.5. The molecule has 52 heavy (non-hydrogen) atoms. The predicted molar refractivity (Wildman–Crippen MR) is 229 cm³/mol. The maximum atomic E-state index is 8.80. The second kappa shape index (κ2) is 13.8. The number of alkyl halides is 6. The van der Waals surface area contributed by atoms with E-state index in [1.807, 2.05) is 48.5 Å². The molecular formula is C43H42Cl8Zr. The molecule has 0 amide bonds. The number of hydrogen-bond donors (Lipinski definition) is 0. The molecule has 0 unspecified atom stereocenters. The zero-order valence-electron chi connectivity index (χ0n) is 30.4. The van der Waals surface area contributed by atoms with Crippen molar-refractivity contribution < 1.29 is 15.9 Å². The average molecular weight is 934 g/mol. The number of halogens is 8. The molecule has 0 bridgehead atoms. The Labute approximate surface area is 347 Å². The Kier molecular flexibility index (Phi) is 10.9. The summed E-state index contributed by atoms with van der Waals surface area (Å²) in [4.78, 5) is 0. The molecular weight excluding hydrogens is 891 g/mol. The summed E-state index contributed by atoms with van der Waals surface area (Å²) in [6.07, 6.45) is 8.44. The van der Waals surface area contributed by atoms with Crippen LogP contribution in [0.1, 0.15) is 101 Å². The summed E-state index contributed by atoms with van der Waals surface area (Å²) in [5.41, 5.74) is 12.3. The molecule has 0 saturated heterocycles. The van der Waals surface area contributed by atoms with Crippen molar-refractivity contribution in [1.29, 1.82) is 0 Å². The van der Waals surface area contributed by atoms with Gasteiger partial charge in [-0.25, -0.2) is 0 Å². The summed E-state index contributed by atoms with van der Waals surface area (Å²) in [5.74, 6) is 0. The first-order chi connectivity index (χ1) is 23.8. The summed E-state index contributed by atoms with van der Waals surface area (Å²) >= 11 is 32.4. The van der Waals surface area contributed by atoms with E-state index in [0.717, 1.165) is 25.5 Å². The van der Waals surface area contributed by atoms with Gasteiger partial charge in [-0.2, -0.15) is 0 Å². The van der Waals surface area contributed by atoms with Crippen LogP contribution in [0.5, 0.6) is 0 Å². The van der Waals surface area contributed by atoms with Crippen LogP contribution in [0, 0.1) is 13.8 Å². The molecule has 4 aromatic rings. The number of rotatable bonds is 4. The SMILES string of the molecule is Cc1cc2c(cc1C(C)(C)C)-c1cc(C(C)(C)C)c(C)cc1[CH]2[Zr]([Cl])([Cl])(=[C](c1ccc(C(Cl)(Cl)Cl)cc1)c1ccc(C(Cl)(Cl)Cl)cc1)[CH]1C=CC=C1. The van der Waals surface area contributed by atoms with Crippen LogP contribution >= 0.6 is 86.6 Å². The van der Waals surface area contributed by atoms with Crippen LogP contribution < -0.4 is 0 Å². The first-order valence-electron chi connectivity index (χ1n) is 17.3. The Morgan fingerprint density at radius 2 is 0.885 bits per heavy atom. The zero-order valence-corrected chi connectivity index (χ0v) is 38.9. The molecule has 0 atom stereocenters. The molecule has 0 heterocycles. The predicted octanol–water partition coefficient (Wildman–Crippen LogP) is 15.8. The van der Waals surface area contributed by atoms with Gasteiger partial charge in [0.2, 0.25) is 0 Å². The van der Waals surface area contributed by atoms with Gasteiger partial charge >= 0.3 is 351 Å². The van der Waals surface area contributed by atoms with E-state index in [4.69, 9.17) is 86.6 Å². The van der Waals surface area contributed by atoms with Gasteiger partial charge in [0.15, 0.2) is 0 Å². The molecule has 0 aromatic heterocycles. The fourth-order valence-electron chi connectivity index (χ4n) is 8.42. The molecule has 6 rings (SSSR count). The molecule has 9 heteroatoms. The summed E-state index contributed by atoms with van der Waals surface area (Å²) in [6.45, 7) is 18.0. The Bertz CT molecular complexity index is 2050. The van der Waals surface area contributed by atoms with Crippen molar-refractivity contribution in [2.45, 2.75) is 81.1 Å². The van der Waals surface area contributed by atoms with Gasteiger partial charge in [-0.1, -0.05) is 0 Å². The minimum absolute atomic E-state index is 0.0719. The van der Waals surface area contributed by atoms with Crippen LogP contribution in [0.2, 0.25) is 3.63 Å². The van der Waals surface area contributed by atoms with E-state index >= 15 is 0 Å². The van der Waals surface area contributed by atoms with Crippen LogP contribution in [-0.2, 0) is 34.3 Å². The van der Waals surface area contributed by atoms with E-state index in [0.29, 0.717) is 11.1 Å². The molecule has 0 aliphatic heterocycles. The van der Waals surface area contributed by atoms with Crippen LogP contribution in [0.15, 0.2) is 97.1 Å². The topological polar surface area (TPSA) is 0 Å². The number of benzene rings is 4. The normalized spacial score (nSPS) is 15.7. The minimum atomic E-state index is -5.71. The summed E-state index contributed by atoms with van der Waals surface area (Å²) < 4.78 is -2.89. The number of hydrogen-bond acceptors (Lipinski definition) is 0. The van der Waals surface area contributed by atoms with Crippen molar-refractivity contribution >= 4 is 89.8 Å². The van der Waals surface area contributed by atoms with Crippen molar-refractivity contribution in [1.82, 2.24) is 0 Å². The molecule has 0 radical (unpaired) electrons. The van der Waals surface area contributed by atoms with Crippen molar-refractivity contribution in [3.63, 3.8) is 0 Å². The summed E-state index contributed by atoms with van der Waals surface area (Å²) in [7, 11) is 17.6. The van der Waals surface area contributed by atoms with Gasteiger partial charge in [0.05, 0.1) is 0 Å². The van der Waals surface area contributed by atoms with Crippen LogP contribution in [0.25, 0.3) is 11.1 Å². The van der Waals surface area contributed by atoms with Crippen molar-refractivity contribution in [2.24, 2.45) is 0 Å². The van der Waals surface area contributed by atoms with Gasteiger partial charge in [-0.15, -0.1) is 0 Å². The first kappa shape index (κ1) is 41.1. The quantitative estimate of drug-likeness (QED) is 0.179. The fraction of sp³-hybridized carbons (Fsp3) is 0.326. The third-order valence-electron chi connectivity index (χ3n) is 10.7. The number of fused-ring (bicyclic) bond motifs is 3. The molecule has 274 valence electrons. The Hall–Kier alpha value is -0.567. The summed E-state index contributed by atoms with van der Waals surface area (Å²) in [6, 6.07) is 24.7. The molecule has 2 aliphatic carbocycles. The van der Waals surface area contributed by atoms with E-state index in [-0.39, 0.29) is 18.1 Å². The van der Waals surface area contributed by atoms with E-state index < -0.39 is 23.5 Å². The van der Waals surface area contributed by atoms with Crippen LogP contribution in [0.4, 0.5) is 0 Å². The average Bonchev–Trinajstić information content (AvgIpc) is 3.67. The molecule has 0 nitrogen and oxygen atoms in total. The van der Waals surface area contributed by atoms with Gasteiger partial charge < -0.3 is 0 Å². The summed E-state index contributed by atoms with van der Waals surface area (Å²) in [5, 5.41) is 0. The van der Waals surface area contributed by atoms with Gasteiger partial charge in [0.1, 0.15) is 0 Å². The zero-order chi connectivity index (χ0) is 38.4. The van der Waals surface area contributed by atoms with Crippen molar-refractivity contribution in [3.05, 3.63) is 153 Å². The van der Waals surface area contributed by atoms with E-state index in [1.165, 1.54) is 33.4 Å². The molecule has 0 fully saturated rings. The molecule has 0 N–H and O–H groups in total. The Morgan fingerprint density at radius 1 is 0.538 bits per heavy atom. The molecule has 0 saturated carbocycles. The van der Waals surface area contributed by atoms with E-state index in [1.54, 1.807) is 0 Å². The van der Waals surface area contributed by atoms with Crippen LogP contribution in [0.3, 0.4) is 0 Å². The second-order valence-corrected chi connectivity index (χ2v) is 41.7. The van der Waals surface area contributed by atoms with Gasteiger partial charge in [-0.3, -0.25) is 0 Å². The molecule has 0 spiro atoms. The van der Waals surface area contributed by atoms with Gasteiger partial charge in [-0.05, 0) is 0 Å². The second-order valence-electron chi connectivity index (χ2n) is 16.4. The van der Waals surface area contributed by atoms with Crippen molar-refractivity contribution in [3.8, 4) is 11.1 Å². The Morgan fingerprint density at radius 3 is 1.19 bits per heavy atom. The first-order valence-corrected chi connectivity index (χ1v) is 30.0. The standard InChI is InChI=1S/C23H29.C15H8Cl6.C5H5.2ClH.Zr/c1-14-9-16-11-17-10-15(2)21(23(6,7)8)13-19(17)18(16)12-20(14)22(3,4)5;16-14(17,18)12-5-1-10(2-6-12)9-11-3-7-13(8-4-11)15(19,20)21;1-2-4-5-3-1;;;/h9-13H,1-8H3;1-8H;1-5H;2*1H;/q;;;;;+2/p-2. The monoisotopic (exact) mass is 928 g/mol. The van der Waals surface area contributed by atoms with Crippen LogP contribution in [-0.4, -0.2) is 3.21 Å². The third kappa shape index (κ3) is 7.25. The number of allylic oxidation sites excluding steroid dienone is 4. The Balaban J connectivity index is 1.84. The molecule has 4 aromatic carbocycles. The molecule has 2 aliphatic rings. The third-order valence-corrected chi connectivity index (χ3v) is 31.6. The van der Waals surface area contributed by atoms with E-state index in [2.05, 4.69) is 104 Å². The van der Waals surface area contributed by atoms with Gasteiger partial charge in [0, 0.05) is 0 Å². The van der Waals surface area contributed by atoms with Crippen molar-refractivity contribution in [2.75, 3.05) is 0 Å². The maximum absolute atomic E-state index is 8.80.